The summed E-state index contributed by atoms with van der Waals surface area (Å²) in [4.78, 5) is 133. The van der Waals surface area contributed by atoms with Gasteiger partial charge in [0.15, 0.2) is 0 Å². The van der Waals surface area contributed by atoms with E-state index >= 15 is 0 Å². The van der Waals surface area contributed by atoms with Crippen molar-refractivity contribution in [3.63, 3.8) is 0 Å². The highest BCUT2D eigenvalue weighted by atomic mass is 16.6. The van der Waals surface area contributed by atoms with Crippen LogP contribution in [0, 0.1) is 5.92 Å². The quantitative estimate of drug-likeness (QED) is 0.0242. The molecule has 0 spiro atoms. The number of esters is 3. The first-order valence-corrected chi connectivity index (χ1v) is 22.2. The maximum Gasteiger partial charge on any atom is 0.330 e. The van der Waals surface area contributed by atoms with E-state index in [9.17, 15) is 62.3 Å². The first-order chi connectivity index (χ1) is 34.7. The van der Waals surface area contributed by atoms with Crippen molar-refractivity contribution in [2.24, 2.45) is 74.7 Å². The largest absolute Gasteiger partial charge is 0.481 e. The first-order valence-electron chi connectivity index (χ1n) is 22.2. The Kier molecular flexibility index (Phi) is 54.6. The second-order valence-electron chi connectivity index (χ2n) is 15.6. The average Bonchev–Trinajstić information content (AvgIpc) is 3.86. The van der Waals surface area contributed by atoms with E-state index in [2.05, 4.69) is 20.5 Å². The van der Waals surface area contributed by atoms with Crippen LogP contribution in [0.25, 0.3) is 0 Å². The lowest BCUT2D eigenvalue weighted by Crippen LogP contribution is -2.41. The van der Waals surface area contributed by atoms with E-state index in [-0.39, 0.29) is 31.7 Å². The van der Waals surface area contributed by atoms with Crippen molar-refractivity contribution >= 4 is 77.5 Å². The Labute approximate surface area is 435 Å². The van der Waals surface area contributed by atoms with E-state index in [0.29, 0.717) is 19.4 Å². The van der Waals surface area contributed by atoms with E-state index in [1.165, 1.54) is 13.8 Å². The third-order valence-corrected chi connectivity index (χ3v) is 7.95. The fraction of sp³-hybridized carbons (Fsp3) is 0.675. The maximum atomic E-state index is 11.4. The highest BCUT2D eigenvalue weighted by Gasteiger charge is 2.28. The standard InChI is InChI=1S/C10H17N3O4.C7H13N3O5.C6H14N2O2.C5H11NO2.C4H7NO4.2C3H7NO2.C2H5NO2/c11-6(3-4-8(12)14)9(15)17-10(16)7-2-1-5-13-7;8-3(1-5(10)11)7(14)15-2-4(9)6(12)13;7-4-2-1-3-5(8)6(9)10;1-3(2)4(6)5(7)8;5-2(4(8)9)1-3(6)7;2*1-2(4)3(5)6;3-1-2(4)5/h6-7,13H,1-5,11H2,(H2,12,14);3-4H,1-2,8-9H2,(H2,10,11)(H,12,13);5H,1-4,7-8H2,(H,9,10);3-4H,6H2,1-2H3,(H,7,8);2H,1,5H2,(H,6,7)(H,8,9);2*2H,4H2,1H3,(H,5,6);1,3H2,(H,4,5)/t6-,7-;3-,4-;5-;4-;3*2-;/m0000000./s1. The molecular formula is C40H81N13O23. The molecule has 1 aliphatic rings. The minimum atomic E-state index is -1.31. The number of carbonyl (C=O) groups excluding carboxylic acids is 5. The van der Waals surface area contributed by atoms with Crippen molar-refractivity contribution in [3.8, 4) is 0 Å². The predicted molar refractivity (Wildman–Crippen MR) is 263 cm³/mol. The summed E-state index contributed by atoms with van der Waals surface area (Å²) in [6.45, 7) is 6.96. The molecule has 0 aromatic carbocycles. The van der Waals surface area contributed by atoms with Gasteiger partial charge in [0, 0.05) is 6.42 Å². The second-order valence-corrected chi connectivity index (χ2v) is 15.6. The molecule has 36 nitrogen and oxygen atoms in total. The zero-order valence-electron chi connectivity index (χ0n) is 42.6. The fourth-order valence-electron chi connectivity index (χ4n) is 3.39. The van der Waals surface area contributed by atoms with Gasteiger partial charge in [-0.2, -0.15) is 0 Å². The Hall–Kier alpha value is -7.13. The average molecular weight is 1110 g/mol. The number of amides is 2. The summed E-state index contributed by atoms with van der Waals surface area (Å²) >= 11 is 0. The SMILES string of the molecule is CC(C)[C@H](N)C(=O)O.C[C@H](N)C(=O)O.C[C@H](N)C(=O)O.NC(=O)CC[C@H](N)C(=O)OC(=O)[C@@H]1CCCN1.NC(=O)C[C@H](N)C(=O)OC[C@H](N)C(=O)O.NCC(=O)O.NCCCC[C@H](N)C(=O)O.N[C@@H](CC(=O)O)C(=O)O. The summed E-state index contributed by atoms with van der Waals surface area (Å²) in [5.41, 5.74) is 60.1. The number of rotatable bonds is 24. The molecule has 1 fully saturated rings. The number of carbonyl (C=O) groups is 13. The number of carboxylic acid groups (broad SMARTS) is 8. The molecule has 33 N–H and O–H groups in total. The van der Waals surface area contributed by atoms with Crippen molar-refractivity contribution in [2.75, 3.05) is 26.2 Å². The molecule has 1 rings (SSSR count). The molecule has 36 heteroatoms. The second kappa shape index (κ2) is 50.0. The van der Waals surface area contributed by atoms with Crippen LogP contribution in [0.15, 0.2) is 0 Å². The number of unbranched alkanes of at least 4 members (excludes halogenated alkanes) is 1. The van der Waals surface area contributed by atoms with E-state index in [4.69, 9.17) is 104 Å². The third-order valence-electron chi connectivity index (χ3n) is 7.95. The monoisotopic (exact) mass is 1110 g/mol. The highest BCUT2D eigenvalue weighted by Crippen LogP contribution is 2.08. The summed E-state index contributed by atoms with van der Waals surface area (Å²) in [7, 11) is 0. The van der Waals surface area contributed by atoms with Crippen LogP contribution < -0.4 is 74.1 Å². The van der Waals surface area contributed by atoms with Crippen LogP contribution in [0.1, 0.15) is 85.5 Å². The van der Waals surface area contributed by atoms with Gasteiger partial charge in [0.25, 0.3) is 0 Å². The minimum Gasteiger partial charge on any atom is -0.481 e. The van der Waals surface area contributed by atoms with Gasteiger partial charge in [-0.25, -0.2) is 9.59 Å². The van der Waals surface area contributed by atoms with E-state index in [1.807, 2.05) is 0 Å². The van der Waals surface area contributed by atoms with Crippen molar-refractivity contribution in [1.29, 1.82) is 0 Å². The van der Waals surface area contributed by atoms with Crippen molar-refractivity contribution < 1.29 is 113 Å². The molecule has 0 aromatic heterocycles. The zero-order chi connectivity index (χ0) is 61.6. The molecule has 2 amide bonds. The molecule has 1 aliphatic heterocycles. The van der Waals surface area contributed by atoms with Gasteiger partial charge >= 0.3 is 65.7 Å². The van der Waals surface area contributed by atoms with E-state index in [0.717, 1.165) is 25.8 Å². The summed E-state index contributed by atoms with van der Waals surface area (Å²) in [6.07, 6.45) is 2.88. The number of carboxylic acids is 8. The third kappa shape index (κ3) is 61.2. The van der Waals surface area contributed by atoms with Crippen LogP contribution in [0.3, 0.4) is 0 Å². The first kappa shape index (κ1) is 82.9. The number of nitrogens with two attached hydrogens (primary N) is 12. The van der Waals surface area contributed by atoms with Crippen LogP contribution >= 0.6 is 0 Å². The number of ether oxygens (including phenoxy) is 2. The van der Waals surface area contributed by atoms with Gasteiger partial charge in [0.1, 0.15) is 61.0 Å². The Morgan fingerprint density at radius 2 is 0.961 bits per heavy atom. The lowest BCUT2D eigenvalue weighted by atomic mass is 10.1. The Morgan fingerprint density at radius 1 is 0.526 bits per heavy atom. The topological polar surface area (TPSA) is 726 Å². The molecule has 0 saturated carbocycles. The summed E-state index contributed by atoms with van der Waals surface area (Å²) in [6, 6.07) is -8.10. The smallest absolute Gasteiger partial charge is 0.330 e. The Morgan fingerprint density at radius 3 is 1.22 bits per heavy atom. The molecule has 444 valence electrons. The molecule has 1 heterocycles. The molecule has 0 radical (unpaired) electrons. The number of hydrogen-bond acceptors (Lipinski definition) is 26. The molecule has 0 aliphatic carbocycles. The molecule has 9 atom stereocenters. The fourth-order valence-corrected chi connectivity index (χ4v) is 3.39. The predicted octanol–water partition coefficient (Wildman–Crippen LogP) is -8.13. The molecule has 1 saturated heterocycles. The lowest BCUT2D eigenvalue weighted by molar-refractivity contribution is -0.162. The number of nitrogens with one attached hydrogen (secondary N) is 1. The Bertz CT molecular complexity index is 1750. The van der Waals surface area contributed by atoms with Crippen LogP contribution in [0.5, 0.6) is 0 Å². The zero-order valence-corrected chi connectivity index (χ0v) is 42.6. The summed E-state index contributed by atoms with van der Waals surface area (Å²) in [5, 5.41) is 67.2. The lowest BCUT2D eigenvalue weighted by Gasteiger charge is -2.12. The van der Waals surface area contributed by atoms with Gasteiger partial charge in [-0.3, -0.25) is 52.7 Å². The minimum absolute atomic E-state index is 0.00780. The number of aliphatic carboxylic acids is 8. The molecule has 76 heavy (non-hydrogen) atoms. The van der Waals surface area contributed by atoms with Gasteiger partial charge < -0.3 is 124 Å². The molecule has 0 unspecified atom stereocenters. The van der Waals surface area contributed by atoms with Crippen molar-refractivity contribution in [1.82, 2.24) is 5.32 Å². The highest BCUT2D eigenvalue weighted by molar-refractivity contribution is 5.91. The van der Waals surface area contributed by atoms with E-state index < -0.39 is 145 Å². The van der Waals surface area contributed by atoms with Crippen LogP contribution in [0.4, 0.5) is 0 Å². The van der Waals surface area contributed by atoms with Crippen LogP contribution in [-0.2, 0) is 71.8 Å². The van der Waals surface area contributed by atoms with Gasteiger partial charge in [-0.1, -0.05) is 20.3 Å². The number of hydrogen-bond donors (Lipinski definition) is 21. The van der Waals surface area contributed by atoms with Crippen molar-refractivity contribution in [2.45, 2.75) is 140 Å². The van der Waals surface area contributed by atoms with Gasteiger partial charge in [0.2, 0.25) is 11.8 Å². The van der Waals surface area contributed by atoms with Crippen LogP contribution in [0.2, 0.25) is 0 Å². The molecule has 0 bridgehead atoms. The van der Waals surface area contributed by atoms with Gasteiger partial charge in [0.05, 0.1) is 19.4 Å². The molecule has 0 aromatic rings. The normalized spacial score (nSPS) is 14.8. The summed E-state index contributed by atoms with van der Waals surface area (Å²) in [5.74, 6) is -12.2. The van der Waals surface area contributed by atoms with Crippen LogP contribution in [-0.4, -0.2) is 199 Å². The number of primary amides is 2. The van der Waals surface area contributed by atoms with Crippen molar-refractivity contribution in [3.05, 3.63) is 0 Å². The van der Waals surface area contributed by atoms with E-state index in [1.54, 1.807) is 13.8 Å². The van der Waals surface area contributed by atoms with Gasteiger partial charge in [-0.05, 0) is 65.0 Å². The Balaban J connectivity index is -0.000000148. The summed E-state index contributed by atoms with van der Waals surface area (Å²) < 4.78 is 9.06. The molecular weight excluding hydrogens is 1030 g/mol. The maximum absolute atomic E-state index is 11.4. The van der Waals surface area contributed by atoms with Gasteiger partial charge in [-0.15, -0.1) is 0 Å².